The monoisotopic (exact) mass is 397 g/mol. The fourth-order valence-corrected chi connectivity index (χ4v) is 4.65. The van der Waals surface area contributed by atoms with Gasteiger partial charge in [0.25, 0.3) is 0 Å². The molecular formula is C20H27N7O2. The van der Waals surface area contributed by atoms with Crippen LogP contribution in [-0.2, 0) is 22.4 Å². The molecular weight excluding hydrogens is 370 g/mol. The maximum absolute atomic E-state index is 12.9. The first-order chi connectivity index (χ1) is 14.1. The van der Waals surface area contributed by atoms with Crippen LogP contribution in [0, 0.1) is 5.92 Å². The van der Waals surface area contributed by atoms with Crippen LogP contribution in [0.1, 0.15) is 18.2 Å². The van der Waals surface area contributed by atoms with Gasteiger partial charge in [0.2, 0.25) is 11.8 Å². The predicted octanol–water partition coefficient (Wildman–Crippen LogP) is -0.456. The first-order valence-corrected chi connectivity index (χ1v) is 10.5. The molecule has 0 unspecified atom stereocenters. The van der Waals surface area contributed by atoms with Crippen LogP contribution in [0.15, 0.2) is 12.3 Å². The summed E-state index contributed by atoms with van der Waals surface area (Å²) in [6.07, 6.45) is 3.64. The molecule has 0 radical (unpaired) electrons. The van der Waals surface area contributed by atoms with Crippen LogP contribution in [0.3, 0.4) is 0 Å². The summed E-state index contributed by atoms with van der Waals surface area (Å²) in [5, 5.41) is 7.95. The molecule has 5 heterocycles. The molecule has 2 saturated heterocycles. The van der Waals surface area contributed by atoms with Gasteiger partial charge in [-0.3, -0.25) is 9.59 Å². The van der Waals surface area contributed by atoms with Crippen LogP contribution in [0.4, 0.5) is 5.82 Å². The number of amides is 2. The molecule has 5 rings (SSSR count). The molecule has 0 bridgehead atoms. The average molecular weight is 397 g/mol. The summed E-state index contributed by atoms with van der Waals surface area (Å²) in [7, 11) is 0. The van der Waals surface area contributed by atoms with E-state index in [0.717, 1.165) is 43.1 Å². The lowest BCUT2D eigenvalue weighted by atomic mass is 9.96. The SMILES string of the molecule is CC(=O)N1CCN(C(=O)C2CN(c3c4c(nc5ccnn35)CCNCC4)C2)CC1. The normalized spacial score (nSPS) is 20.4. The van der Waals surface area contributed by atoms with Gasteiger partial charge in [0.05, 0.1) is 17.8 Å². The van der Waals surface area contributed by atoms with Crippen molar-refractivity contribution in [3.05, 3.63) is 23.5 Å². The number of aromatic nitrogens is 3. The van der Waals surface area contributed by atoms with Gasteiger partial charge in [-0.25, -0.2) is 4.98 Å². The Balaban J connectivity index is 1.32. The molecule has 2 fully saturated rings. The molecule has 0 saturated carbocycles. The van der Waals surface area contributed by atoms with Crippen molar-refractivity contribution in [2.75, 3.05) is 57.3 Å². The maximum Gasteiger partial charge on any atom is 0.229 e. The van der Waals surface area contributed by atoms with Gasteiger partial charge in [-0.15, -0.1) is 0 Å². The van der Waals surface area contributed by atoms with Crippen molar-refractivity contribution in [2.45, 2.75) is 19.8 Å². The molecule has 0 spiro atoms. The highest BCUT2D eigenvalue weighted by Crippen LogP contribution is 2.32. The quantitative estimate of drug-likeness (QED) is 0.739. The number of piperazine rings is 1. The number of nitrogens with zero attached hydrogens (tertiary/aromatic N) is 6. The number of carbonyl (C=O) groups is 2. The highest BCUT2D eigenvalue weighted by atomic mass is 16.2. The number of nitrogens with one attached hydrogen (secondary N) is 1. The third-order valence-corrected chi connectivity index (χ3v) is 6.35. The van der Waals surface area contributed by atoms with E-state index in [1.807, 2.05) is 20.4 Å². The topological polar surface area (TPSA) is 86.1 Å². The Bertz CT molecular complexity index is 942. The summed E-state index contributed by atoms with van der Waals surface area (Å²) in [6, 6.07) is 1.94. The zero-order chi connectivity index (χ0) is 20.0. The van der Waals surface area contributed by atoms with E-state index in [4.69, 9.17) is 4.98 Å². The van der Waals surface area contributed by atoms with Crippen LogP contribution in [0.2, 0.25) is 0 Å². The lowest BCUT2D eigenvalue weighted by molar-refractivity contribution is -0.141. The predicted molar refractivity (Wildman–Crippen MR) is 108 cm³/mol. The van der Waals surface area contributed by atoms with Gasteiger partial charge in [0.1, 0.15) is 5.82 Å². The lowest BCUT2D eigenvalue weighted by Gasteiger charge is -2.44. The summed E-state index contributed by atoms with van der Waals surface area (Å²) in [5.74, 6) is 1.41. The molecule has 154 valence electrons. The Labute approximate surface area is 169 Å². The molecule has 9 heteroatoms. The third-order valence-electron chi connectivity index (χ3n) is 6.35. The summed E-state index contributed by atoms with van der Waals surface area (Å²) < 4.78 is 1.93. The Hall–Kier alpha value is -2.68. The molecule has 3 aliphatic heterocycles. The van der Waals surface area contributed by atoms with E-state index in [1.54, 1.807) is 13.1 Å². The second-order valence-corrected chi connectivity index (χ2v) is 8.15. The van der Waals surface area contributed by atoms with Crippen molar-refractivity contribution in [3.63, 3.8) is 0 Å². The van der Waals surface area contributed by atoms with Gasteiger partial charge in [0.15, 0.2) is 5.65 Å². The summed E-state index contributed by atoms with van der Waals surface area (Å²) in [6.45, 7) is 7.43. The van der Waals surface area contributed by atoms with Crippen molar-refractivity contribution in [2.24, 2.45) is 5.92 Å². The average Bonchev–Trinajstić information content (AvgIpc) is 3.03. The van der Waals surface area contributed by atoms with Crippen molar-refractivity contribution >= 4 is 23.3 Å². The minimum atomic E-state index is 0.0113. The minimum Gasteiger partial charge on any atom is -0.354 e. The highest BCUT2D eigenvalue weighted by Gasteiger charge is 2.39. The minimum absolute atomic E-state index is 0.0113. The van der Waals surface area contributed by atoms with Crippen molar-refractivity contribution in [1.29, 1.82) is 0 Å². The second kappa shape index (κ2) is 7.29. The second-order valence-electron chi connectivity index (χ2n) is 8.15. The molecule has 9 nitrogen and oxygen atoms in total. The third kappa shape index (κ3) is 3.23. The number of fused-ring (bicyclic) bond motifs is 2. The van der Waals surface area contributed by atoms with Crippen LogP contribution < -0.4 is 10.2 Å². The van der Waals surface area contributed by atoms with Crippen molar-refractivity contribution in [1.82, 2.24) is 29.7 Å². The number of carbonyl (C=O) groups excluding carboxylic acids is 2. The Morgan fingerprint density at radius 1 is 1.07 bits per heavy atom. The molecule has 2 aromatic rings. The molecule has 0 atom stereocenters. The summed E-state index contributed by atoms with van der Waals surface area (Å²) >= 11 is 0. The number of anilines is 1. The largest absolute Gasteiger partial charge is 0.354 e. The molecule has 0 aromatic carbocycles. The van der Waals surface area contributed by atoms with E-state index >= 15 is 0 Å². The Morgan fingerprint density at radius 2 is 1.79 bits per heavy atom. The van der Waals surface area contributed by atoms with Gasteiger partial charge in [-0.2, -0.15) is 9.61 Å². The van der Waals surface area contributed by atoms with Crippen LogP contribution in [0.5, 0.6) is 0 Å². The molecule has 29 heavy (non-hydrogen) atoms. The molecule has 2 amide bonds. The van der Waals surface area contributed by atoms with E-state index in [1.165, 1.54) is 5.56 Å². The number of hydrogen-bond acceptors (Lipinski definition) is 6. The maximum atomic E-state index is 12.9. The summed E-state index contributed by atoms with van der Waals surface area (Å²) in [4.78, 5) is 35.3. The molecule has 0 aliphatic carbocycles. The van der Waals surface area contributed by atoms with Gasteiger partial charge in [0, 0.05) is 70.8 Å². The van der Waals surface area contributed by atoms with Crippen LogP contribution in [-0.4, -0.2) is 88.6 Å². The van der Waals surface area contributed by atoms with E-state index in [-0.39, 0.29) is 17.7 Å². The van der Waals surface area contributed by atoms with Gasteiger partial charge >= 0.3 is 0 Å². The van der Waals surface area contributed by atoms with Gasteiger partial charge in [-0.1, -0.05) is 0 Å². The molecule has 2 aromatic heterocycles. The smallest absolute Gasteiger partial charge is 0.229 e. The van der Waals surface area contributed by atoms with Crippen LogP contribution >= 0.6 is 0 Å². The van der Waals surface area contributed by atoms with E-state index in [2.05, 4.69) is 15.3 Å². The fourth-order valence-electron chi connectivity index (χ4n) is 4.65. The Kier molecular flexibility index (Phi) is 4.61. The lowest BCUT2D eigenvalue weighted by Crippen LogP contribution is -2.58. The molecule has 1 N–H and O–H groups in total. The van der Waals surface area contributed by atoms with Gasteiger partial charge < -0.3 is 20.0 Å². The number of hydrogen-bond donors (Lipinski definition) is 1. The molecule has 3 aliphatic rings. The summed E-state index contributed by atoms with van der Waals surface area (Å²) in [5.41, 5.74) is 3.27. The zero-order valence-electron chi connectivity index (χ0n) is 16.8. The number of rotatable bonds is 2. The van der Waals surface area contributed by atoms with E-state index in [9.17, 15) is 9.59 Å². The fraction of sp³-hybridized carbons (Fsp3) is 0.600. The highest BCUT2D eigenvalue weighted by molar-refractivity contribution is 5.83. The van der Waals surface area contributed by atoms with E-state index in [0.29, 0.717) is 39.3 Å². The first kappa shape index (κ1) is 18.4. The van der Waals surface area contributed by atoms with Crippen molar-refractivity contribution in [3.8, 4) is 0 Å². The van der Waals surface area contributed by atoms with Crippen molar-refractivity contribution < 1.29 is 9.59 Å². The Morgan fingerprint density at radius 3 is 2.55 bits per heavy atom. The first-order valence-electron chi connectivity index (χ1n) is 10.5. The zero-order valence-corrected chi connectivity index (χ0v) is 16.8. The standard InChI is InChI=1S/C20H27N7O2/c1-14(28)24-8-10-25(11-9-24)20(29)15-12-26(13-15)19-16-2-5-21-6-3-17(16)23-18-4-7-22-27(18)19/h4,7,15,21H,2-3,5-6,8-13H2,1H3. The van der Waals surface area contributed by atoms with Gasteiger partial charge in [-0.05, 0) is 13.0 Å². The van der Waals surface area contributed by atoms with E-state index < -0.39 is 0 Å². The van der Waals surface area contributed by atoms with Crippen LogP contribution in [0.25, 0.3) is 5.65 Å².